The van der Waals surface area contributed by atoms with Gasteiger partial charge in [-0.3, -0.25) is 4.79 Å². The van der Waals surface area contributed by atoms with Gasteiger partial charge in [0.15, 0.2) is 0 Å². The van der Waals surface area contributed by atoms with E-state index < -0.39 is 0 Å². The van der Waals surface area contributed by atoms with E-state index in [-0.39, 0.29) is 12.4 Å². The zero-order valence-electron chi connectivity index (χ0n) is 13.2. The van der Waals surface area contributed by atoms with Gasteiger partial charge >= 0.3 is 0 Å². The molecular weight excluding hydrogens is 294 g/mol. The highest BCUT2D eigenvalue weighted by atomic mass is 35.5. The van der Waals surface area contributed by atoms with Crippen molar-refractivity contribution in [1.82, 2.24) is 15.1 Å². The summed E-state index contributed by atoms with van der Waals surface area (Å²) in [6, 6.07) is 0.361. The van der Waals surface area contributed by atoms with Crippen molar-refractivity contribution in [3.63, 3.8) is 0 Å². The third-order valence-electron chi connectivity index (χ3n) is 3.17. The molecule has 1 fully saturated rings. The maximum absolute atomic E-state index is 12.4. The molecule has 1 amide bonds. The summed E-state index contributed by atoms with van der Waals surface area (Å²) in [5, 5.41) is 3.44. The Hall–Kier alpha value is 0.0300. The van der Waals surface area contributed by atoms with Crippen LogP contribution in [0.15, 0.2) is 0 Å². The van der Waals surface area contributed by atoms with E-state index in [2.05, 4.69) is 38.2 Å². The summed E-state index contributed by atoms with van der Waals surface area (Å²) in [6.07, 6.45) is 0.646. The third-order valence-corrected chi connectivity index (χ3v) is 4.31. The Labute approximate surface area is 134 Å². The van der Waals surface area contributed by atoms with Crippen LogP contribution in [-0.2, 0) is 4.79 Å². The molecule has 1 atom stereocenters. The van der Waals surface area contributed by atoms with Crippen LogP contribution in [0, 0.1) is 5.92 Å². The van der Waals surface area contributed by atoms with Gasteiger partial charge in [-0.25, -0.2) is 0 Å². The van der Waals surface area contributed by atoms with Gasteiger partial charge in [0.05, 0.1) is 0 Å². The number of likely N-dealkylation sites (N-methyl/N-ethyl adjacent to an activating group) is 1. The zero-order valence-corrected chi connectivity index (χ0v) is 14.9. The first-order valence-corrected chi connectivity index (χ1v) is 8.38. The molecule has 1 unspecified atom stereocenters. The number of carbonyl (C=O) groups is 1. The molecule has 120 valence electrons. The van der Waals surface area contributed by atoms with Crippen molar-refractivity contribution in [2.45, 2.75) is 26.3 Å². The predicted molar refractivity (Wildman–Crippen MR) is 91.0 cm³/mol. The maximum Gasteiger partial charge on any atom is 0.224 e. The summed E-state index contributed by atoms with van der Waals surface area (Å²) in [4.78, 5) is 16.6. The topological polar surface area (TPSA) is 35.6 Å². The van der Waals surface area contributed by atoms with Crippen molar-refractivity contribution in [2.75, 3.05) is 51.8 Å². The number of hydrogen-bond donors (Lipinski definition) is 1. The minimum absolute atomic E-state index is 0. The van der Waals surface area contributed by atoms with Crippen molar-refractivity contribution in [3.8, 4) is 0 Å². The lowest BCUT2D eigenvalue weighted by Crippen LogP contribution is -2.45. The number of nitrogens with zero attached hydrogens (tertiary/aromatic N) is 2. The van der Waals surface area contributed by atoms with E-state index in [9.17, 15) is 4.79 Å². The molecule has 0 spiro atoms. The van der Waals surface area contributed by atoms with Crippen molar-refractivity contribution in [1.29, 1.82) is 0 Å². The van der Waals surface area contributed by atoms with E-state index in [1.165, 1.54) is 5.75 Å². The minimum Gasteiger partial charge on any atom is -0.341 e. The second-order valence-electron chi connectivity index (χ2n) is 5.97. The van der Waals surface area contributed by atoms with Crippen molar-refractivity contribution < 1.29 is 4.79 Å². The predicted octanol–water partition coefficient (Wildman–Crippen LogP) is 1.55. The lowest BCUT2D eigenvalue weighted by molar-refractivity contribution is -0.132. The van der Waals surface area contributed by atoms with Crippen molar-refractivity contribution in [3.05, 3.63) is 0 Å². The molecule has 0 aliphatic carbocycles. The van der Waals surface area contributed by atoms with Crippen LogP contribution in [0.3, 0.4) is 0 Å². The SMILES string of the molecule is CC(C)CN(CCN(C)C)C(=O)CC1CSCCN1.Cl. The monoisotopic (exact) mass is 323 g/mol. The van der Waals surface area contributed by atoms with Crippen LogP contribution in [0.4, 0.5) is 0 Å². The summed E-state index contributed by atoms with van der Waals surface area (Å²) >= 11 is 1.95. The van der Waals surface area contributed by atoms with Gasteiger partial charge in [-0.15, -0.1) is 12.4 Å². The normalized spacial score (nSPS) is 19.0. The van der Waals surface area contributed by atoms with Crippen LogP contribution in [0.1, 0.15) is 20.3 Å². The largest absolute Gasteiger partial charge is 0.341 e. The molecule has 0 aromatic rings. The molecular formula is C14H30ClN3OS. The summed E-state index contributed by atoms with van der Waals surface area (Å²) < 4.78 is 0. The van der Waals surface area contributed by atoms with E-state index in [0.29, 0.717) is 24.3 Å². The molecule has 0 bridgehead atoms. The second-order valence-corrected chi connectivity index (χ2v) is 7.12. The highest BCUT2D eigenvalue weighted by molar-refractivity contribution is 7.99. The fourth-order valence-electron chi connectivity index (χ4n) is 2.17. The van der Waals surface area contributed by atoms with Gasteiger partial charge < -0.3 is 15.1 Å². The van der Waals surface area contributed by atoms with E-state index in [1.807, 2.05) is 16.7 Å². The molecule has 1 saturated heterocycles. The Morgan fingerprint density at radius 2 is 2.05 bits per heavy atom. The van der Waals surface area contributed by atoms with E-state index in [0.717, 1.165) is 31.9 Å². The second kappa shape index (κ2) is 10.7. The van der Waals surface area contributed by atoms with Crippen LogP contribution >= 0.6 is 24.2 Å². The fourth-order valence-corrected chi connectivity index (χ4v) is 3.12. The van der Waals surface area contributed by atoms with Crippen LogP contribution in [0.5, 0.6) is 0 Å². The third kappa shape index (κ3) is 8.35. The standard InChI is InChI=1S/C14H29N3OS.ClH/c1-12(2)10-17(7-6-16(3)4)14(18)9-13-11-19-8-5-15-13;/h12-13,15H,5-11H2,1-4H3;1H. The lowest BCUT2D eigenvalue weighted by Gasteiger charge is -2.29. The lowest BCUT2D eigenvalue weighted by atomic mass is 10.1. The molecule has 1 aliphatic heterocycles. The highest BCUT2D eigenvalue weighted by Crippen LogP contribution is 2.12. The highest BCUT2D eigenvalue weighted by Gasteiger charge is 2.21. The average Bonchev–Trinajstić information content (AvgIpc) is 2.35. The Morgan fingerprint density at radius 3 is 2.55 bits per heavy atom. The van der Waals surface area contributed by atoms with Gasteiger partial charge in [-0.2, -0.15) is 11.8 Å². The molecule has 1 aliphatic rings. The van der Waals surface area contributed by atoms with Crippen molar-refractivity contribution in [2.24, 2.45) is 5.92 Å². The Balaban J connectivity index is 0.00000361. The van der Waals surface area contributed by atoms with Gasteiger partial charge in [-0.1, -0.05) is 13.8 Å². The minimum atomic E-state index is 0. The molecule has 0 aromatic carbocycles. The number of thioether (sulfide) groups is 1. The van der Waals surface area contributed by atoms with Crippen LogP contribution in [0.2, 0.25) is 0 Å². The number of rotatable bonds is 7. The first-order chi connectivity index (χ1) is 8.99. The number of hydrogen-bond acceptors (Lipinski definition) is 4. The molecule has 0 radical (unpaired) electrons. The van der Waals surface area contributed by atoms with Crippen molar-refractivity contribution >= 4 is 30.1 Å². The van der Waals surface area contributed by atoms with E-state index in [1.54, 1.807) is 0 Å². The summed E-state index contributed by atoms with van der Waals surface area (Å²) in [5.41, 5.74) is 0. The zero-order chi connectivity index (χ0) is 14.3. The molecule has 4 nitrogen and oxygen atoms in total. The summed E-state index contributed by atoms with van der Waals surface area (Å²) in [6.45, 7) is 8.02. The van der Waals surface area contributed by atoms with E-state index in [4.69, 9.17) is 0 Å². The number of nitrogens with one attached hydrogen (secondary N) is 1. The first kappa shape index (κ1) is 20.0. The van der Waals surface area contributed by atoms with Crippen LogP contribution < -0.4 is 5.32 Å². The molecule has 20 heavy (non-hydrogen) atoms. The first-order valence-electron chi connectivity index (χ1n) is 7.22. The Kier molecular flexibility index (Phi) is 10.7. The molecule has 0 aromatic heterocycles. The van der Waals surface area contributed by atoms with E-state index >= 15 is 0 Å². The smallest absolute Gasteiger partial charge is 0.224 e. The molecule has 1 rings (SSSR count). The average molecular weight is 324 g/mol. The van der Waals surface area contributed by atoms with Gasteiger partial charge in [-0.05, 0) is 20.0 Å². The number of carbonyl (C=O) groups excluding carboxylic acids is 1. The summed E-state index contributed by atoms with van der Waals surface area (Å²) in [5.74, 6) is 3.06. The van der Waals surface area contributed by atoms with Gasteiger partial charge in [0, 0.05) is 50.1 Å². The summed E-state index contributed by atoms with van der Waals surface area (Å²) in [7, 11) is 4.11. The number of halogens is 1. The molecule has 1 heterocycles. The molecule has 1 N–H and O–H groups in total. The van der Waals surface area contributed by atoms with Gasteiger partial charge in [0.2, 0.25) is 5.91 Å². The Bertz CT molecular complexity index is 271. The maximum atomic E-state index is 12.4. The number of amides is 1. The van der Waals surface area contributed by atoms with Gasteiger partial charge in [0.1, 0.15) is 0 Å². The Morgan fingerprint density at radius 1 is 1.35 bits per heavy atom. The van der Waals surface area contributed by atoms with Gasteiger partial charge in [0.25, 0.3) is 0 Å². The molecule has 0 saturated carbocycles. The fraction of sp³-hybridized carbons (Fsp3) is 0.929. The molecule has 6 heteroatoms. The van der Waals surface area contributed by atoms with Crippen LogP contribution in [-0.4, -0.2) is 73.5 Å². The van der Waals surface area contributed by atoms with Crippen LogP contribution in [0.25, 0.3) is 0 Å². The quantitative estimate of drug-likeness (QED) is 0.771.